The van der Waals surface area contributed by atoms with Crippen molar-refractivity contribution < 1.29 is 19.2 Å². The SMILES string of the molecule is O=P(O)(O)O.c1ccc(-c2ccccn2)nc1. The van der Waals surface area contributed by atoms with E-state index in [9.17, 15) is 0 Å². The summed E-state index contributed by atoms with van der Waals surface area (Å²) < 4.78 is 8.88. The highest BCUT2D eigenvalue weighted by atomic mass is 31.2. The second-order valence-electron chi connectivity index (χ2n) is 2.94. The van der Waals surface area contributed by atoms with Crippen molar-refractivity contribution in [1.29, 1.82) is 0 Å². The predicted molar refractivity (Wildman–Crippen MR) is 61.7 cm³/mol. The summed E-state index contributed by atoms with van der Waals surface area (Å²) in [5.74, 6) is 0. The lowest BCUT2D eigenvalue weighted by atomic mass is 10.2. The van der Waals surface area contributed by atoms with E-state index in [0.29, 0.717) is 0 Å². The molecule has 2 aromatic rings. The van der Waals surface area contributed by atoms with Gasteiger partial charge in [0.1, 0.15) is 0 Å². The number of hydrogen-bond donors (Lipinski definition) is 3. The van der Waals surface area contributed by atoms with Crippen LogP contribution in [-0.4, -0.2) is 24.6 Å². The molecule has 0 bridgehead atoms. The van der Waals surface area contributed by atoms with E-state index in [-0.39, 0.29) is 0 Å². The van der Waals surface area contributed by atoms with Gasteiger partial charge in [-0.25, -0.2) is 4.57 Å². The summed E-state index contributed by atoms with van der Waals surface area (Å²) in [6.07, 6.45) is 3.54. The molecule has 0 fully saturated rings. The number of rotatable bonds is 1. The summed E-state index contributed by atoms with van der Waals surface area (Å²) in [6, 6.07) is 11.6. The molecule has 17 heavy (non-hydrogen) atoms. The molecule has 0 aliphatic carbocycles. The van der Waals surface area contributed by atoms with Gasteiger partial charge >= 0.3 is 7.82 Å². The highest BCUT2D eigenvalue weighted by molar-refractivity contribution is 7.45. The van der Waals surface area contributed by atoms with Crippen LogP contribution in [0.15, 0.2) is 48.8 Å². The Hall–Kier alpha value is -1.59. The molecule has 0 unspecified atom stereocenters. The summed E-state index contributed by atoms with van der Waals surface area (Å²) in [6.45, 7) is 0. The van der Waals surface area contributed by atoms with Gasteiger partial charge in [-0.15, -0.1) is 0 Å². The molecule has 2 aromatic heterocycles. The Morgan fingerprint density at radius 1 is 0.824 bits per heavy atom. The molecule has 0 saturated carbocycles. The lowest BCUT2D eigenvalue weighted by molar-refractivity contribution is 0.275. The minimum Gasteiger partial charge on any atom is -0.303 e. The van der Waals surface area contributed by atoms with Gasteiger partial charge in [0.2, 0.25) is 0 Å². The van der Waals surface area contributed by atoms with E-state index in [1.807, 2.05) is 36.4 Å². The Bertz CT molecular complexity index is 440. The maximum atomic E-state index is 8.88. The Morgan fingerprint density at radius 3 is 1.41 bits per heavy atom. The van der Waals surface area contributed by atoms with Gasteiger partial charge in [-0.3, -0.25) is 9.97 Å². The average molecular weight is 254 g/mol. The van der Waals surface area contributed by atoms with Gasteiger partial charge < -0.3 is 14.7 Å². The topological polar surface area (TPSA) is 104 Å². The van der Waals surface area contributed by atoms with Crippen LogP contribution in [0.1, 0.15) is 0 Å². The average Bonchev–Trinajstić information content (AvgIpc) is 2.29. The van der Waals surface area contributed by atoms with Crippen molar-refractivity contribution >= 4 is 7.82 Å². The third kappa shape index (κ3) is 6.55. The number of pyridine rings is 2. The van der Waals surface area contributed by atoms with E-state index in [1.165, 1.54) is 0 Å². The predicted octanol–water partition coefficient (Wildman–Crippen LogP) is 1.21. The van der Waals surface area contributed by atoms with Crippen molar-refractivity contribution in [2.75, 3.05) is 0 Å². The molecule has 7 heteroatoms. The monoisotopic (exact) mass is 254 g/mol. The van der Waals surface area contributed by atoms with Crippen molar-refractivity contribution in [2.45, 2.75) is 0 Å². The third-order valence-corrected chi connectivity index (χ3v) is 1.59. The minimum atomic E-state index is -4.64. The van der Waals surface area contributed by atoms with Gasteiger partial charge in [0.05, 0.1) is 11.4 Å². The van der Waals surface area contributed by atoms with E-state index in [4.69, 9.17) is 19.2 Å². The number of nitrogens with zero attached hydrogens (tertiary/aromatic N) is 2. The molecule has 0 radical (unpaired) electrons. The molecular formula is C10H11N2O4P. The molecule has 6 nitrogen and oxygen atoms in total. The van der Waals surface area contributed by atoms with Crippen molar-refractivity contribution in [3.05, 3.63) is 48.8 Å². The van der Waals surface area contributed by atoms with Crippen molar-refractivity contribution in [2.24, 2.45) is 0 Å². The van der Waals surface area contributed by atoms with Crippen LogP contribution in [0.5, 0.6) is 0 Å². The molecule has 0 amide bonds. The lowest BCUT2D eigenvalue weighted by Gasteiger charge is -1.96. The fourth-order valence-corrected chi connectivity index (χ4v) is 1.03. The second kappa shape index (κ2) is 6.22. The van der Waals surface area contributed by atoms with Crippen LogP contribution in [0.25, 0.3) is 11.4 Å². The van der Waals surface area contributed by atoms with Crippen molar-refractivity contribution in [3.63, 3.8) is 0 Å². The Balaban J connectivity index is 0.000000249. The summed E-state index contributed by atoms with van der Waals surface area (Å²) in [5, 5.41) is 0. The van der Waals surface area contributed by atoms with Crippen LogP contribution in [0.2, 0.25) is 0 Å². The molecule has 0 spiro atoms. The Labute approximate surface area is 97.9 Å². The number of aromatic nitrogens is 2. The van der Waals surface area contributed by atoms with Crippen molar-refractivity contribution in [3.8, 4) is 11.4 Å². The van der Waals surface area contributed by atoms with E-state index < -0.39 is 7.82 Å². The summed E-state index contributed by atoms with van der Waals surface area (Å²) in [5.41, 5.74) is 1.83. The van der Waals surface area contributed by atoms with Gasteiger partial charge in [-0.05, 0) is 24.3 Å². The van der Waals surface area contributed by atoms with E-state index in [2.05, 4.69) is 9.97 Å². The summed E-state index contributed by atoms with van der Waals surface area (Å²) in [4.78, 5) is 29.9. The quantitative estimate of drug-likeness (QED) is 0.661. The zero-order valence-corrected chi connectivity index (χ0v) is 9.60. The largest absolute Gasteiger partial charge is 0.466 e. The highest BCUT2D eigenvalue weighted by Gasteiger charge is 2.00. The summed E-state index contributed by atoms with van der Waals surface area (Å²) in [7, 11) is -4.64. The number of hydrogen-bond acceptors (Lipinski definition) is 3. The van der Waals surface area contributed by atoms with Crippen LogP contribution in [0.3, 0.4) is 0 Å². The second-order valence-corrected chi connectivity index (χ2v) is 3.97. The van der Waals surface area contributed by atoms with Crippen LogP contribution in [0.4, 0.5) is 0 Å². The zero-order valence-electron chi connectivity index (χ0n) is 8.71. The minimum absolute atomic E-state index is 0.915. The maximum Gasteiger partial charge on any atom is 0.466 e. The van der Waals surface area contributed by atoms with E-state index in [1.54, 1.807) is 12.4 Å². The fraction of sp³-hybridized carbons (Fsp3) is 0. The molecular weight excluding hydrogens is 243 g/mol. The Morgan fingerprint density at radius 2 is 1.18 bits per heavy atom. The standard InChI is InChI=1S/C10H8N2.H3O4P/c1-3-7-11-9(5-1)10-6-2-4-8-12-10;1-5(2,3)4/h1-8H;(H3,1,2,3,4). The van der Waals surface area contributed by atoms with Crippen LogP contribution in [-0.2, 0) is 4.57 Å². The van der Waals surface area contributed by atoms with Crippen LogP contribution >= 0.6 is 7.82 Å². The van der Waals surface area contributed by atoms with Crippen LogP contribution < -0.4 is 0 Å². The van der Waals surface area contributed by atoms with Gasteiger partial charge in [0.25, 0.3) is 0 Å². The van der Waals surface area contributed by atoms with E-state index >= 15 is 0 Å². The normalized spacial score (nSPS) is 10.3. The van der Waals surface area contributed by atoms with E-state index in [0.717, 1.165) is 11.4 Å². The lowest BCUT2D eigenvalue weighted by Crippen LogP contribution is -1.83. The molecule has 0 saturated heterocycles. The Kier molecular flexibility index (Phi) is 4.93. The first-order valence-electron chi connectivity index (χ1n) is 4.57. The van der Waals surface area contributed by atoms with Gasteiger partial charge in [0.15, 0.2) is 0 Å². The molecule has 0 aliphatic heterocycles. The maximum absolute atomic E-state index is 8.88. The van der Waals surface area contributed by atoms with Crippen molar-refractivity contribution in [1.82, 2.24) is 9.97 Å². The highest BCUT2D eigenvalue weighted by Crippen LogP contribution is 2.25. The zero-order chi connectivity index (χ0) is 12.7. The first kappa shape index (κ1) is 13.5. The molecule has 2 rings (SSSR count). The molecule has 90 valence electrons. The molecule has 3 N–H and O–H groups in total. The third-order valence-electron chi connectivity index (χ3n) is 1.59. The fourth-order valence-electron chi connectivity index (χ4n) is 1.03. The molecule has 0 aromatic carbocycles. The first-order chi connectivity index (χ1) is 7.97. The first-order valence-corrected chi connectivity index (χ1v) is 6.14. The van der Waals surface area contributed by atoms with Gasteiger partial charge in [-0.2, -0.15) is 0 Å². The van der Waals surface area contributed by atoms with Crippen LogP contribution in [0, 0.1) is 0 Å². The smallest absolute Gasteiger partial charge is 0.303 e. The summed E-state index contributed by atoms with van der Waals surface area (Å²) >= 11 is 0. The van der Waals surface area contributed by atoms with Gasteiger partial charge in [-0.1, -0.05) is 12.1 Å². The number of phosphoric acid groups is 1. The molecule has 2 heterocycles. The molecule has 0 aliphatic rings. The molecule has 0 atom stereocenters. The van der Waals surface area contributed by atoms with Gasteiger partial charge in [0, 0.05) is 12.4 Å².